The van der Waals surface area contributed by atoms with Gasteiger partial charge in [-0.3, -0.25) is 8.42 Å². The number of hydrogen-bond donors (Lipinski definition) is 0. The van der Waals surface area contributed by atoms with Crippen LogP contribution in [0.3, 0.4) is 0 Å². The largest absolute Gasteiger partial charge is 0.258 e. The van der Waals surface area contributed by atoms with E-state index in [1.54, 1.807) is 0 Å². The second-order valence-electron chi connectivity index (χ2n) is 4.75. The zero-order valence-corrected chi connectivity index (χ0v) is 11.3. The number of rotatable bonds is 0. The summed E-state index contributed by atoms with van der Waals surface area (Å²) < 4.78 is 23.9. The molecule has 4 rings (SSSR count). The molecule has 4 aliphatic rings. The standard InChI is InChI=1S/C9H12O2S4/c10-14-2-12-6-4-1-5(8(6)14)9-7(4)13-3-15(9)11/h4-9H,1-3H2. The molecular weight excluding hydrogens is 268 g/mol. The third kappa shape index (κ3) is 1.15. The summed E-state index contributed by atoms with van der Waals surface area (Å²) in [4.78, 5) is 0. The normalized spacial score (nSPS) is 65.9. The number of hydrogen-bond acceptors (Lipinski definition) is 4. The zero-order valence-electron chi connectivity index (χ0n) is 8.03. The summed E-state index contributed by atoms with van der Waals surface area (Å²) >= 11 is 3.84. The van der Waals surface area contributed by atoms with Crippen LogP contribution < -0.4 is 0 Å². The Balaban J connectivity index is 1.76. The molecule has 0 aromatic rings. The van der Waals surface area contributed by atoms with Crippen LogP contribution in [-0.4, -0.2) is 39.6 Å². The van der Waals surface area contributed by atoms with Crippen LogP contribution in [-0.2, 0) is 21.6 Å². The van der Waals surface area contributed by atoms with E-state index in [0.29, 0.717) is 26.9 Å². The molecule has 2 aliphatic heterocycles. The van der Waals surface area contributed by atoms with Gasteiger partial charge in [-0.15, -0.1) is 23.5 Å². The fourth-order valence-corrected chi connectivity index (χ4v) is 13.0. The average Bonchev–Trinajstić information content (AvgIpc) is 2.87. The highest BCUT2D eigenvalue weighted by Gasteiger charge is 2.65. The van der Waals surface area contributed by atoms with Crippen LogP contribution in [0.4, 0.5) is 0 Å². The van der Waals surface area contributed by atoms with Crippen LogP contribution in [0.25, 0.3) is 0 Å². The SMILES string of the molecule is O=S1CSC2C3CC(C21)C1C3SCS1=O. The lowest BCUT2D eigenvalue weighted by molar-refractivity contribution is 0.516. The van der Waals surface area contributed by atoms with Crippen LogP contribution in [0.2, 0.25) is 0 Å². The molecule has 0 spiro atoms. The van der Waals surface area contributed by atoms with Crippen molar-refractivity contribution in [2.75, 3.05) is 10.2 Å². The Morgan fingerprint density at radius 1 is 0.867 bits per heavy atom. The summed E-state index contributed by atoms with van der Waals surface area (Å²) in [6.45, 7) is 0. The van der Waals surface area contributed by atoms with Gasteiger partial charge in [0.1, 0.15) is 0 Å². The summed E-state index contributed by atoms with van der Waals surface area (Å²) in [6, 6.07) is 0. The Labute approximate surface area is 103 Å². The van der Waals surface area contributed by atoms with Gasteiger partial charge in [-0.25, -0.2) is 0 Å². The third-order valence-electron chi connectivity index (χ3n) is 4.24. The van der Waals surface area contributed by atoms with Gasteiger partial charge >= 0.3 is 0 Å². The molecule has 2 nitrogen and oxygen atoms in total. The first-order valence-corrected chi connectivity index (χ1v) is 10.1. The van der Waals surface area contributed by atoms with E-state index in [1.165, 1.54) is 6.42 Å². The zero-order chi connectivity index (χ0) is 10.2. The van der Waals surface area contributed by atoms with Gasteiger partial charge in [-0.2, -0.15) is 0 Å². The number of fused-ring (bicyclic) bond motifs is 8. The van der Waals surface area contributed by atoms with Crippen molar-refractivity contribution in [3.8, 4) is 0 Å². The molecule has 84 valence electrons. The molecule has 0 aromatic heterocycles. The van der Waals surface area contributed by atoms with Crippen LogP contribution in [0.5, 0.6) is 0 Å². The molecular formula is C9H12O2S4. The van der Waals surface area contributed by atoms with Gasteiger partial charge in [0.05, 0.1) is 20.7 Å². The molecule has 4 fully saturated rings. The molecule has 0 amide bonds. The van der Waals surface area contributed by atoms with Gasteiger partial charge < -0.3 is 0 Å². The van der Waals surface area contributed by atoms with Crippen LogP contribution >= 0.6 is 23.5 Å². The third-order valence-corrected chi connectivity index (χ3v) is 12.1. The van der Waals surface area contributed by atoms with Gasteiger partial charge in [0.25, 0.3) is 0 Å². The van der Waals surface area contributed by atoms with E-state index in [9.17, 15) is 8.42 Å². The van der Waals surface area contributed by atoms with E-state index in [1.807, 2.05) is 23.5 Å². The van der Waals surface area contributed by atoms with Crippen molar-refractivity contribution in [2.24, 2.45) is 11.8 Å². The molecule has 2 bridgehead atoms. The Morgan fingerprint density at radius 2 is 1.40 bits per heavy atom. The van der Waals surface area contributed by atoms with Crippen molar-refractivity contribution < 1.29 is 8.42 Å². The Hall–Kier alpha value is 1.000. The maximum atomic E-state index is 11.9. The molecule has 0 radical (unpaired) electrons. The van der Waals surface area contributed by atoms with Crippen LogP contribution in [0.1, 0.15) is 6.42 Å². The van der Waals surface area contributed by atoms with Crippen molar-refractivity contribution in [1.82, 2.24) is 0 Å². The van der Waals surface area contributed by atoms with Crippen molar-refractivity contribution in [2.45, 2.75) is 27.4 Å². The predicted octanol–water partition coefficient (Wildman–Crippen LogP) is 1.02. The van der Waals surface area contributed by atoms with Gasteiger partial charge in [-0.1, -0.05) is 0 Å². The maximum absolute atomic E-state index is 11.9. The van der Waals surface area contributed by atoms with E-state index in [2.05, 4.69) is 0 Å². The molecule has 0 N–H and O–H groups in total. The topological polar surface area (TPSA) is 34.1 Å². The van der Waals surface area contributed by atoms with Crippen molar-refractivity contribution >= 4 is 45.1 Å². The average molecular weight is 280 g/mol. The highest BCUT2D eigenvalue weighted by atomic mass is 32.2. The minimum atomic E-state index is -0.633. The molecule has 6 unspecified atom stereocenters. The summed E-state index contributed by atoms with van der Waals surface area (Å²) in [7, 11) is -1.27. The molecule has 6 heteroatoms. The molecule has 2 saturated heterocycles. The van der Waals surface area contributed by atoms with Gasteiger partial charge in [0.15, 0.2) is 0 Å². The summed E-state index contributed by atoms with van der Waals surface area (Å²) in [5.74, 6) is 1.24. The van der Waals surface area contributed by atoms with Gasteiger partial charge in [-0.05, 0) is 18.3 Å². The van der Waals surface area contributed by atoms with Crippen molar-refractivity contribution in [1.29, 1.82) is 0 Å². The Morgan fingerprint density at radius 3 is 1.93 bits per heavy atom. The smallest absolute Gasteiger partial charge is 0.0699 e. The second kappa shape index (κ2) is 3.27. The molecule has 6 atom stereocenters. The fourth-order valence-electron chi connectivity index (χ4n) is 3.77. The first-order chi connectivity index (χ1) is 7.27. The lowest BCUT2D eigenvalue weighted by Gasteiger charge is -2.30. The van der Waals surface area contributed by atoms with E-state index >= 15 is 0 Å². The van der Waals surface area contributed by atoms with Crippen molar-refractivity contribution in [3.63, 3.8) is 0 Å². The quantitative estimate of drug-likeness (QED) is 0.663. The monoisotopic (exact) mass is 280 g/mol. The molecule has 0 aromatic carbocycles. The minimum absolute atomic E-state index is 0.392. The van der Waals surface area contributed by atoms with Crippen LogP contribution in [0, 0.1) is 11.8 Å². The van der Waals surface area contributed by atoms with E-state index in [0.717, 1.165) is 16.1 Å². The molecule has 2 aliphatic carbocycles. The summed E-state index contributed by atoms with van der Waals surface area (Å²) in [5, 5.41) is 3.73. The summed E-state index contributed by atoms with van der Waals surface area (Å²) in [5.41, 5.74) is 0. The lowest BCUT2D eigenvalue weighted by Crippen LogP contribution is -2.43. The van der Waals surface area contributed by atoms with E-state index < -0.39 is 21.6 Å². The maximum Gasteiger partial charge on any atom is 0.0699 e. The number of thioether (sulfide) groups is 2. The van der Waals surface area contributed by atoms with Gasteiger partial charge in [0, 0.05) is 32.1 Å². The van der Waals surface area contributed by atoms with Crippen LogP contribution in [0.15, 0.2) is 0 Å². The highest BCUT2D eigenvalue weighted by Crippen LogP contribution is 2.61. The Kier molecular flexibility index (Phi) is 2.17. The molecule has 15 heavy (non-hydrogen) atoms. The molecule has 2 heterocycles. The molecule has 2 saturated carbocycles. The van der Waals surface area contributed by atoms with Gasteiger partial charge in [0.2, 0.25) is 0 Å². The Bertz CT molecular complexity index is 339. The van der Waals surface area contributed by atoms with E-state index in [4.69, 9.17) is 0 Å². The fraction of sp³-hybridized carbons (Fsp3) is 1.00. The predicted molar refractivity (Wildman–Crippen MR) is 67.9 cm³/mol. The first-order valence-electron chi connectivity index (χ1n) is 5.25. The highest BCUT2D eigenvalue weighted by molar-refractivity contribution is 8.15. The van der Waals surface area contributed by atoms with E-state index in [-0.39, 0.29) is 0 Å². The summed E-state index contributed by atoms with van der Waals surface area (Å²) in [6.07, 6.45) is 1.21. The lowest BCUT2D eigenvalue weighted by atomic mass is 9.98. The minimum Gasteiger partial charge on any atom is -0.258 e. The first kappa shape index (κ1) is 9.97. The second-order valence-corrected chi connectivity index (χ2v) is 11.0. The van der Waals surface area contributed by atoms with Crippen molar-refractivity contribution in [3.05, 3.63) is 0 Å².